The molecule has 0 atom stereocenters. The van der Waals surface area contributed by atoms with Gasteiger partial charge in [-0.25, -0.2) is 8.42 Å². The minimum absolute atomic E-state index is 0.276. The van der Waals surface area contributed by atoms with E-state index in [2.05, 4.69) is 11.9 Å². The van der Waals surface area contributed by atoms with Crippen LogP contribution in [0.1, 0.15) is 18.7 Å². The zero-order valence-electron chi connectivity index (χ0n) is 12.8. The summed E-state index contributed by atoms with van der Waals surface area (Å²) in [6.45, 7) is 9.20. The van der Waals surface area contributed by atoms with E-state index < -0.39 is 10.0 Å². The molecule has 0 spiro atoms. The van der Waals surface area contributed by atoms with Crippen LogP contribution >= 0.6 is 11.3 Å². The molecule has 1 N–H and O–H groups in total. The Morgan fingerprint density at radius 1 is 1.52 bits per heavy atom. The third-order valence-corrected chi connectivity index (χ3v) is 5.87. The zero-order chi connectivity index (χ0) is 15.9. The number of rotatable bonds is 10. The third kappa shape index (κ3) is 5.19. The van der Waals surface area contributed by atoms with Gasteiger partial charge in [0.15, 0.2) is 0 Å². The predicted octanol–water partition coefficient (Wildman–Crippen LogP) is 2.07. The van der Waals surface area contributed by atoms with E-state index in [4.69, 9.17) is 4.74 Å². The van der Waals surface area contributed by atoms with Crippen molar-refractivity contribution in [3.63, 3.8) is 0 Å². The van der Waals surface area contributed by atoms with Gasteiger partial charge >= 0.3 is 0 Å². The molecule has 5 nitrogen and oxygen atoms in total. The summed E-state index contributed by atoms with van der Waals surface area (Å²) in [5, 5.41) is 5.07. The monoisotopic (exact) mass is 332 g/mol. The SMILES string of the molecule is C=CCN(CCOC)S(=O)(=O)c1ccsc1CNC(C)C. The first-order valence-corrected chi connectivity index (χ1v) is 9.15. The van der Waals surface area contributed by atoms with Crippen LogP contribution in [0.5, 0.6) is 0 Å². The fourth-order valence-electron chi connectivity index (χ4n) is 1.77. The molecular formula is C14H24N2O3S2. The van der Waals surface area contributed by atoms with Crippen LogP contribution in [0.2, 0.25) is 0 Å². The molecule has 0 aliphatic carbocycles. The molecule has 0 unspecified atom stereocenters. The number of nitrogens with one attached hydrogen (secondary N) is 1. The summed E-state index contributed by atoms with van der Waals surface area (Å²) in [6, 6.07) is 1.97. The minimum atomic E-state index is -3.52. The molecular weight excluding hydrogens is 308 g/mol. The second-order valence-corrected chi connectivity index (χ2v) is 7.80. The molecule has 0 aliphatic heterocycles. The van der Waals surface area contributed by atoms with E-state index >= 15 is 0 Å². The molecule has 0 radical (unpaired) electrons. The molecule has 1 aromatic rings. The number of ether oxygens (including phenoxy) is 1. The summed E-state index contributed by atoms with van der Waals surface area (Å²) in [7, 11) is -1.96. The maximum atomic E-state index is 12.8. The van der Waals surface area contributed by atoms with Gasteiger partial charge in [-0.15, -0.1) is 17.9 Å². The molecule has 0 aromatic carbocycles. The van der Waals surface area contributed by atoms with Crippen molar-refractivity contribution in [2.75, 3.05) is 26.8 Å². The first kappa shape index (κ1) is 18.3. The van der Waals surface area contributed by atoms with Gasteiger partial charge in [0.1, 0.15) is 0 Å². The molecule has 0 saturated carbocycles. The van der Waals surface area contributed by atoms with Gasteiger partial charge in [0.25, 0.3) is 0 Å². The van der Waals surface area contributed by atoms with Crippen molar-refractivity contribution in [3.05, 3.63) is 29.0 Å². The van der Waals surface area contributed by atoms with Gasteiger partial charge in [0, 0.05) is 37.7 Å². The predicted molar refractivity (Wildman–Crippen MR) is 87.1 cm³/mol. The average Bonchev–Trinajstić information content (AvgIpc) is 2.90. The number of hydrogen-bond acceptors (Lipinski definition) is 5. The molecule has 0 amide bonds. The lowest BCUT2D eigenvalue weighted by Crippen LogP contribution is -2.34. The Hall–Kier alpha value is -0.730. The van der Waals surface area contributed by atoms with E-state index in [-0.39, 0.29) is 6.54 Å². The summed E-state index contributed by atoms with van der Waals surface area (Å²) in [5.74, 6) is 0. The lowest BCUT2D eigenvalue weighted by molar-refractivity contribution is 0.182. The van der Waals surface area contributed by atoms with Gasteiger partial charge in [-0.2, -0.15) is 4.31 Å². The Morgan fingerprint density at radius 2 is 2.24 bits per heavy atom. The maximum Gasteiger partial charge on any atom is 0.244 e. The van der Waals surface area contributed by atoms with Crippen LogP contribution in [0, 0.1) is 0 Å². The van der Waals surface area contributed by atoms with Crippen molar-refractivity contribution in [2.45, 2.75) is 31.3 Å². The molecule has 120 valence electrons. The third-order valence-electron chi connectivity index (χ3n) is 2.87. The lowest BCUT2D eigenvalue weighted by Gasteiger charge is -2.20. The molecule has 0 saturated heterocycles. The molecule has 0 bridgehead atoms. The summed E-state index contributed by atoms with van der Waals surface area (Å²) in [4.78, 5) is 1.20. The Balaban J connectivity index is 2.99. The summed E-state index contributed by atoms with van der Waals surface area (Å²) in [5.41, 5.74) is 0. The van der Waals surface area contributed by atoms with E-state index in [0.717, 1.165) is 4.88 Å². The normalized spacial score (nSPS) is 12.2. The van der Waals surface area contributed by atoms with Crippen LogP contribution in [0.15, 0.2) is 29.0 Å². The number of thiophene rings is 1. The van der Waals surface area contributed by atoms with Gasteiger partial charge in [0.05, 0.1) is 11.5 Å². The zero-order valence-corrected chi connectivity index (χ0v) is 14.5. The number of hydrogen-bond donors (Lipinski definition) is 1. The van der Waals surface area contributed by atoms with Crippen LogP contribution in [0.3, 0.4) is 0 Å². The molecule has 1 rings (SSSR count). The summed E-state index contributed by atoms with van der Waals surface area (Å²) in [6.07, 6.45) is 1.59. The first-order valence-electron chi connectivity index (χ1n) is 6.83. The molecule has 0 aliphatic rings. The highest BCUT2D eigenvalue weighted by Crippen LogP contribution is 2.25. The molecule has 21 heavy (non-hydrogen) atoms. The van der Waals surface area contributed by atoms with Crippen LogP contribution in [0.25, 0.3) is 0 Å². The second-order valence-electron chi connectivity index (χ2n) is 4.89. The van der Waals surface area contributed by atoms with E-state index in [1.165, 1.54) is 15.6 Å². The highest BCUT2D eigenvalue weighted by Gasteiger charge is 2.26. The van der Waals surface area contributed by atoms with Crippen molar-refractivity contribution < 1.29 is 13.2 Å². The Morgan fingerprint density at radius 3 is 2.81 bits per heavy atom. The molecule has 0 fully saturated rings. The Kier molecular flexibility index (Phi) is 7.55. The largest absolute Gasteiger partial charge is 0.383 e. The van der Waals surface area contributed by atoms with Crippen LogP contribution in [-0.2, 0) is 21.3 Å². The van der Waals surface area contributed by atoms with Crippen molar-refractivity contribution in [2.24, 2.45) is 0 Å². The fourth-order valence-corrected chi connectivity index (χ4v) is 4.53. The Labute approximate surface area is 131 Å². The van der Waals surface area contributed by atoms with Crippen molar-refractivity contribution in [3.8, 4) is 0 Å². The molecule has 1 aromatic heterocycles. The lowest BCUT2D eigenvalue weighted by atomic mass is 10.4. The van der Waals surface area contributed by atoms with Crippen molar-refractivity contribution in [1.82, 2.24) is 9.62 Å². The van der Waals surface area contributed by atoms with Gasteiger partial charge in [0.2, 0.25) is 10.0 Å². The summed E-state index contributed by atoms with van der Waals surface area (Å²) >= 11 is 1.45. The van der Waals surface area contributed by atoms with Gasteiger partial charge < -0.3 is 10.1 Å². The standard InChI is InChI=1S/C14H24N2O3S2/c1-5-7-16(8-9-19-4)21(17,18)14-6-10-20-13(14)11-15-12(2)3/h5-6,10,12,15H,1,7-9,11H2,2-4H3. The second kappa shape index (κ2) is 8.65. The summed E-state index contributed by atoms with van der Waals surface area (Å²) < 4.78 is 31.9. The van der Waals surface area contributed by atoms with Crippen molar-refractivity contribution >= 4 is 21.4 Å². The topological polar surface area (TPSA) is 58.6 Å². The number of sulfonamides is 1. The van der Waals surface area contributed by atoms with Crippen LogP contribution in [-0.4, -0.2) is 45.6 Å². The Bertz CT molecular complexity index is 538. The number of nitrogens with zero attached hydrogens (tertiary/aromatic N) is 1. The maximum absolute atomic E-state index is 12.8. The van der Waals surface area contributed by atoms with Crippen LogP contribution < -0.4 is 5.32 Å². The molecule has 7 heteroatoms. The number of methoxy groups -OCH3 is 1. The first-order chi connectivity index (χ1) is 9.93. The highest BCUT2D eigenvalue weighted by molar-refractivity contribution is 7.89. The smallest absolute Gasteiger partial charge is 0.244 e. The molecule has 1 heterocycles. The average molecular weight is 332 g/mol. The van der Waals surface area contributed by atoms with Crippen molar-refractivity contribution in [1.29, 1.82) is 0 Å². The quantitative estimate of drug-likeness (QED) is 0.667. The highest BCUT2D eigenvalue weighted by atomic mass is 32.2. The van der Waals surface area contributed by atoms with E-state index in [1.54, 1.807) is 19.3 Å². The van der Waals surface area contributed by atoms with E-state index in [1.807, 2.05) is 19.2 Å². The van der Waals surface area contributed by atoms with E-state index in [9.17, 15) is 8.42 Å². The van der Waals surface area contributed by atoms with Gasteiger partial charge in [-0.05, 0) is 11.4 Å². The van der Waals surface area contributed by atoms with Crippen LogP contribution in [0.4, 0.5) is 0 Å². The van der Waals surface area contributed by atoms with Gasteiger partial charge in [-0.3, -0.25) is 0 Å². The fraction of sp³-hybridized carbons (Fsp3) is 0.571. The van der Waals surface area contributed by atoms with E-state index in [0.29, 0.717) is 30.6 Å². The van der Waals surface area contributed by atoms with Gasteiger partial charge in [-0.1, -0.05) is 19.9 Å². The minimum Gasteiger partial charge on any atom is -0.383 e.